The molecule has 1 amide bonds. The van der Waals surface area contributed by atoms with E-state index in [1.165, 1.54) is 24.6 Å². The Morgan fingerprint density at radius 3 is 2.87 bits per heavy atom. The van der Waals surface area contributed by atoms with Crippen LogP contribution in [-0.4, -0.2) is 45.2 Å². The predicted molar refractivity (Wildman–Crippen MR) is 124 cm³/mol. The lowest BCUT2D eigenvalue weighted by Crippen LogP contribution is -2.47. The van der Waals surface area contributed by atoms with Crippen molar-refractivity contribution in [3.05, 3.63) is 17.5 Å². The molecule has 2 aliphatic carbocycles. The van der Waals surface area contributed by atoms with Crippen molar-refractivity contribution in [1.82, 2.24) is 20.1 Å². The van der Waals surface area contributed by atoms with E-state index in [4.69, 9.17) is 4.74 Å². The average Bonchev–Trinajstić information content (AvgIpc) is 3.54. The molecule has 2 bridgehead atoms. The average molecular weight is 461 g/mol. The summed E-state index contributed by atoms with van der Waals surface area (Å²) in [6.07, 6.45) is 5.97. The van der Waals surface area contributed by atoms with Gasteiger partial charge in [0.1, 0.15) is 0 Å². The van der Waals surface area contributed by atoms with E-state index in [1.807, 2.05) is 6.07 Å². The maximum absolute atomic E-state index is 12.9. The fourth-order valence-corrected chi connectivity index (χ4v) is 7.40. The van der Waals surface area contributed by atoms with E-state index >= 15 is 0 Å². The third kappa shape index (κ3) is 3.74. The second-order valence-corrected chi connectivity index (χ2v) is 11.9. The minimum absolute atomic E-state index is 0.101. The third-order valence-corrected chi connectivity index (χ3v) is 10.2. The van der Waals surface area contributed by atoms with E-state index < -0.39 is 0 Å². The van der Waals surface area contributed by atoms with Gasteiger partial charge in [-0.25, -0.2) is 0 Å². The number of amides is 1. The zero-order valence-corrected chi connectivity index (χ0v) is 20.2. The number of hydrogen-bond acceptors (Lipinski definition) is 6. The molecule has 168 valence electrons. The molecular formula is C23H32N4O2S2. The van der Waals surface area contributed by atoms with Crippen LogP contribution in [0.1, 0.15) is 52.9 Å². The summed E-state index contributed by atoms with van der Waals surface area (Å²) in [7, 11) is 0. The molecule has 4 atom stereocenters. The van der Waals surface area contributed by atoms with Crippen molar-refractivity contribution in [2.75, 3.05) is 12.4 Å². The highest BCUT2D eigenvalue weighted by atomic mass is 32.2. The predicted octanol–water partition coefficient (Wildman–Crippen LogP) is 4.61. The number of rotatable bonds is 7. The maximum atomic E-state index is 12.9. The normalized spacial score (nSPS) is 31.4. The zero-order chi connectivity index (χ0) is 21.6. The standard InChI is InChI=1S/C23H32N4O2S2/c1-22(2)15-8-9-23(22,3)18(12-15)24-19(28)14-31-21-26-25-20(17-7-5-11-30-17)27(21)13-16-6-4-10-29-16/h5,7,11,15-16,18H,4,6,8-10,12-14H2,1-3H3,(H,24,28). The van der Waals surface area contributed by atoms with Gasteiger partial charge >= 0.3 is 0 Å². The molecule has 1 aliphatic heterocycles. The molecule has 1 saturated heterocycles. The Hall–Kier alpha value is -1.38. The van der Waals surface area contributed by atoms with E-state index in [9.17, 15) is 4.79 Å². The number of nitrogens with zero attached hydrogens (tertiary/aromatic N) is 3. The summed E-state index contributed by atoms with van der Waals surface area (Å²) in [6.45, 7) is 8.68. The third-order valence-electron chi connectivity index (χ3n) is 8.33. The Morgan fingerprint density at radius 1 is 1.35 bits per heavy atom. The lowest BCUT2D eigenvalue weighted by atomic mass is 9.69. The summed E-state index contributed by atoms with van der Waals surface area (Å²) in [5, 5.41) is 15.1. The van der Waals surface area contributed by atoms with Crippen LogP contribution in [0.15, 0.2) is 22.7 Å². The fraction of sp³-hybridized carbons (Fsp3) is 0.696. The number of aromatic nitrogens is 3. The Balaban J connectivity index is 1.26. The van der Waals surface area contributed by atoms with Crippen LogP contribution in [0.2, 0.25) is 0 Å². The first-order chi connectivity index (χ1) is 14.9. The number of thioether (sulfide) groups is 1. The summed E-state index contributed by atoms with van der Waals surface area (Å²) in [5.41, 5.74) is 0.499. The summed E-state index contributed by atoms with van der Waals surface area (Å²) in [5.74, 6) is 2.06. The van der Waals surface area contributed by atoms with Crippen molar-refractivity contribution in [3.8, 4) is 10.7 Å². The Morgan fingerprint density at radius 2 is 2.23 bits per heavy atom. The SMILES string of the molecule is CC1(C)C2CCC1(C)C(NC(=O)CSc1nnc(-c3cccs3)n1CC1CCCO1)C2. The molecule has 0 aromatic carbocycles. The summed E-state index contributed by atoms with van der Waals surface area (Å²) < 4.78 is 8.01. The first-order valence-electron chi connectivity index (χ1n) is 11.4. The van der Waals surface area contributed by atoms with Crippen LogP contribution < -0.4 is 5.32 Å². The zero-order valence-electron chi connectivity index (χ0n) is 18.6. The lowest BCUT2D eigenvalue weighted by Gasteiger charge is -2.39. The number of nitrogens with one attached hydrogen (secondary N) is 1. The molecule has 0 spiro atoms. The second kappa shape index (κ2) is 8.19. The minimum atomic E-state index is 0.101. The quantitative estimate of drug-likeness (QED) is 0.611. The van der Waals surface area contributed by atoms with Crippen LogP contribution in [0.25, 0.3) is 10.7 Å². The number of hydrogen-bond donors (Lipinski definition) is 1. The van der Waals surface area contributed by atoms with E-state index in [0.29, 0.717) is 11.2 Å². The van der Waals surface area contributed by atoms with E-state index in [2.05, 4.69) is 52.3 Å². The van der Waals surface area contributed by atoms with E-state index in [0.717, 1.165) is 54.2 Å². The maximum Gasteiger partial charge on any atom is 0.230 e. The molecule has 31 heavy (non-hydrogen) atoms. The smallest absolute Gasteiger partial charge is 0.230 e. The number of fused-ring (bicyclic) bond motifs is 2. The molecule has 4 unspecified atom stereocenters. The molecule has 1 N–H and O–H groups in total. The van der Waals surface area contributed by atoms with E-state index in [-0.39, 0.29) is 23.5 Å². The topological polar surface area (TPSA) is 69.0 Å². The molecule has 0 radical (unpaired) electrons. The Labute approximate surface area is 192 Å². The van der Waals surface area contributed by atoms with Crippen LogP contribution >= 0.6 is 23.1 Å². The van der Waals surface area contributed by atoms with Gasteiger partial charge in [-0.3, -0.25) is 9.36 Å². The van der Waals surface area contributed by atoms with Gasteiger partial charge in [0, 0.05) is 12.6 Å². The van der Waals surface area contributed by atoms with Gasteiger partial charge in [0.2, 0.25) is 5.91 Å². The van der Waals surface area contributed by atoms with Crippen LogP contribution in [0, 0.1) is 16.7 Å². The van der Waals surface area contributed by atoms with Crippen molar-refractivity contribution in [2.24, 2.45) is 16.7 Å². The Bertz CT molecular complexity index is 936. The van der Waals surface area contributed by atoms with Gasteiger partial charge in [-0.15, -0.1) is 21.5 Å². The number of thiophene rings is 1. The molecule has 3 aliphatic rings. The number of carbonyl (C=O) groups excluding carboxylic acids is 1. The molecule has 3 fully saturated rings. The van der Waals surface area contributed by atoms with Gasteiger partial charge in [0.25, 0.3) is 0 Å². The minimum Gasteiger partial charge on any atom is -0.376 e. The van der Waals surface area contributed by atoms with Crippen molar-refractivity contribution < 1.29 is 9.53 Å². The van der Waals surface area contributed by atoms with E-state index in [1.54, 1.807) is 11.3 Å². The van der Waals surface area contributed by atoms with Crippen molar-refractivity contribution in [1.29, 1.82) is 0 Å². The fourth-order valence-electron chi connectivity index (χ4n) is 5.93. The lowest BCUT2D eigenvalue weighted by molar-refractivity contribution is -0.120. The molecule has 5 rings (SSSR count). The largest absolute Gasteiger partial charge is 0.376 e. The van der Waals surface area contributed by atoms with Gasteiger partial charge in [0.05, 0.1) is 23.3 Å². The highest BCUT2D eigenvalue weighted by Crippen LogP contribution is 2.65. The van der Waals surface area contributed by atoms with Crippen LogP contribution in [0.3, 0.4) is 0 Å². The molecule has 6 nitrogen and oxygen atoms in total. The molecular weight excluding hydrogens is 428 g/mol. The molecule has 2 aromatic rings. The number of ether oxygens (including phenoxy) is 1. The van der Waals surface area contributed by atoms with Gasteiger partial charge in [-0.1, -0.05) is 38.6 Å². The van der Waals surface area contributed by atoms with Crippen LogP contribution in [0.4, 0.5) is 0 Å². The highest BCUT2D eigenvalue weighted by Gasteiger charge is 2.61. The van der Waals surface area contributed by atoms with Gasteiger partial charge in [-0.2, -0.15) is 0 Å². The van der Waals surface area contributed by atoms with Gasteiger partial charge in [-0.05, 0) is 60.3 Å². The molecule has 2 aromatic heterocycles. The van der Waals surface area contributed by atoms with Crippen molar-refractivity contribution in [2.45, 2.75) is 76.7 Å². The first kappa shape index (κ1) is 21.5. The van der Waals surface area contributed by atoms with Crippen LogP contribution in [-0.2, 0) is 16.1 Å². The summed E-state index contributed by atoms with van der Waals surface area (Å²) in [4.78, 5) is 14.0. The van der Waals surface area contributed by atoms with Crippen LogP contribution in [0.5, 0.6) is 0 Å². The highest BCUT2D eigenvalue weighted by molar-refractivity contribution is 7.99. The van der Waals surface area contributed by atoms with Crippen molar-refractivity contribution in [3.63, 3.8) is 0 Å². The monoisotopic (exact) mass is 460 g/mol. The second-order valence-electron chi connectivity index (χ2n) is 10.0. The Kier molecular flexibility index (Phi) is 5.67. The molecule has 2 saturated carbocycles. The first-order valence-corrected chi connectivity index (χ1v) is 13.3. The molecule has 3 heterocycles. The van der Waals surface area contributed by atoms with Gasteiger partial charge < -0.3 is 10.1 Å². The molecule has 8 heteroatoms. The summed E-state index contributed by atoms with van der Waals surface area (Å²) in [6, 6.07) is 4.38. The number of carbonyl (C=O) groups is 1. The summed E-state index contributed by atoms with van der Waals surface area (Å²) >= 11 is 3.15. The van der Waals surface area contributed by atoms with Crippen molar-refractivity contribution >= 4 is 29.0 Å². The van der Waals surface area contributed by atoms with Gasteiger partial charge in [0.15, 0.2) is 11.0 Å².